The zero-order chi connectivity index (χ0) is 19.0. The van der Waals surface area contributed by atoms with Gasteiger partial charge < -0.3 is 9.32 Å². The third-order valence-electron chi connectivity index (χ3n) is 5.43. The largest absolute Gasteiger partial charge is 0.463 e. The van der Waals surface area contributed by atoms with Crippen molar-refractivity contribution in [3.05, 3.63) is 36.2 Å². The van der Waals surface area contributed by atoms with Gasteiger partial charge in [-0.3, -0.25) is 4.79 Å². The van der Waals surface area contributed by atoms with Gasteiger partial charge in [0.15, 0.2) is 11.4 Å². The first kappa shape index (κ1) is 17.8. The van der Waals surface area contributed by atoms with Crippen LogP contribution in [0.2, 0.25) is 0 Å². The molecule has 0 N–H and O–H groups in total. The minimum atomic E-state index is 0.0629. The number of hydrogen-bond donors (Lipinski definition) is 0. The number of hydrogen-bond acceptors (Lipinski definition) is 4. The molecule has 0 saturated heterocycles. The van der Waals surface area contributed by atoms with Crippen molar-refractivity contribution in [2.45, 2.75) is 58.5 Å². The van der Waals surface area contributed by atoms with Crippen molar-refractivity contribution >= 4 is 16.9 Å². The number of amides is 1. The topological polar surface area (TPSA) is 64.2 Å². The van der Waals surface area contributed by atoms with Gasteiger partial charge in [-0.05, 0) is 51.8 Å². The van der Waals surface area contributed by atoms with Crippen LogP contribution in [0.5, 0.6) is 0 Å². The Morgan fingerprint density at radius 2 is 2.15 bits per heavy atom. The van der Waals surface area contributed by atoms with Crippen LogP contribution in [0, 0.1) is 0 Å². The molecule has 1 fully saturated rings. The molecule has 6 heteroatoms. The van der Waals surface area contributed by atoms with E-state index >= 15 is 0 Å². The van der Waals surface area contributed by atoms with Crippen molar-refractivity contribution in [2.24, 2.45) is 0 Å². The Morgan fingerprint density at radius 1 is 1.37 bits per heavy atom. The molecule has 0 unspecified atom stereocenters. The second-order valence-corrected chi connectivity index (χ2v) is 7.48. The third kappa shape index (κ3) is 3.13. The molecular weight excluding hydrogens is 340 g/mol. The molecule has 0 radical (unpaired) electrons. The standard InChI is InChI=1S/C21H26N4O2/c1-4-24(15-8-5-6-9-15)21(26)16-12-18(19-10-7-11-27-19)23-20-17(16)13-22-25(20)14(2)3/h7,10-15H,4-6,8-9H2,1-3H3. The molecule has 1 aliphatic rings. The van der Waals surface area contributed by atoms with Crippen LogP contribution in [0.4, 0.5) is 0 Å². The highest BCUT2D eigenvalue weighted by Gasteiger charge is 2.28. The minimum absolute atomic E-state index is 0.0629. The van der Waals surface area contributed by atoms with Crippen LogP contribution < -0.4 is 0 Å². The maximum Gasteiger partial charge on any atom is 0.254 e. The minimum Gasteiger partial charge on any atom is -0.463 e. The van der Waals surface area contributed by atoms with Crippen molar-refractivity contribution < 1.29 is 9.21 Å². The van der Waals surface area contributed by atoms with Crippen molar-refractivity contribution in [2.75, 3.05) is 6.54 Å². The van der Waals surface area contributed by atoms with E-state index < -0.39 is 0 Å². The normalized spacial score (nSPS) is 15.1. The predicted molar refractivity (Wildman–Crippen MR) is 105 cm³/mol. The first-order valence-corrected chi connectivity index (χ1v) is 9.83. The van der Waals surface area contributed by atoms with E-state index in [9.17, 15) is 4.79 Å². The highest BCUT2D eigenvalue weighted by molar-refractivity contribution is 6.06. The summed E-state index contributed by atoms with van der Waals surface area (Å²) in [5, 5.41) is 5.30. The quantitative estimate of drug-likeness (QED) is 0.658. The zero-order valence-electron chi connectivity index (χ0n) is 16.2. The third-order valence-corrected chi connectivity index (χ3v) is 5.43. The number of furan rings is 1. The van der Waals surface area contributed by atoms with Crippen molar-refractivity contribution in [3.63, 3.8) is 0 Å². The van der Waals surface area contributed by atoms with Gasteiger partial charge in [0.2, 0.25) is 0 Å². The maximum atomic E-state index is 13.5. The number of pyridine rings is 1. The maximum absolute atomic E-state index is 13.5. The van der Waals surface area contributed by atoms with Gasteiger partial charge in [-0.15, -0.1) is 0 Å². The number of rotatable bonds is 5. The van der Waals surface area contributed by atoms with E-state index in [0.29, 0.717) is 29.6 Å². The number of nitrogens with zero attached hydrogens (tertiary/aromatic N) is 4. The fourth-order valence-corrected chi connectivity index (χ4v) is 4.06. The first-order chi connectivity index (χ1) is 13.1. The van der Waals surface area contributed by atoms with E-state index in [1.807, 2.05) is 27.8 Å². The zero-order valence-corrected chi connectivity index (χ0v) is 16.2. The molecule has 3 aromatic rings. The Bertz CT molecular complexity index is 937. The van der Waals surface area contributed by atoms with E-state index in [4.69, 9.17) is 9.40 Å². The van der Waals surface area contributed by atoms with Gasteiger partial charge in [-0.1, -0.05) is 12.8 Å². The average molecular weight is 366 g/mol. The van der Waals surface area contributed by atoms with E-state index in [1.165, 1.54) is 12.8 Å². The Morgan fingerprint density at radius 3 is 2.78 bits per heavy atom. The molecule has 4 rings (SSSR count). The molecule has 3 aromatic heterocycles. The lowest BCUT2D eigenvalue weighted by Crippen LogP contribution is -2.38. The Hall–Kier alpha value is -2.63. The van der Waals surface area contributed by atoms with E-state index in [-0.39, 0.29) is 11.9 Å². The van der Waals surface area contributed by atoms with E-state index in [0.717, 1.165) is 23.9 Å². The van der Waals surface area contributed by atoms with Crippen molar-refractivity contribution in [3.8, 4) is 11.5 Å². The molecule has 1 aliphatic carbocycles. The summed E-state index contributed by atoms with van der Waals surface area (Å²) >= 11 is 0. The van der Waals surface area contributed by atoms with Crippen LogP contribution >= 0.6 is 0 Å². The Kier molecular flexibility index (Phi) is 4.72. The van der Waals surface area contributed by atoms with Crippen LogP contribution in [0.15, 0.2) is 35.1 Å². The summed E-state index contributed by atoms with van der Waals surface area (Å²) < 4.78 is 7.42. The smallest absolute Gasteiger partial charge is 0.254 e. The van der Waals surface area contributed by atoms with Crippen LogP contribution in [0.3, 0.4) is 0 Å². The first-order valence-electron chi connectivity index (χ1n) is 9.83. The molecule has 0 atom stereocenters. The second kappa shape index (κ2) is 7.18. The summed E-state index contributed by atoms with van der Waals surface area (Å²) in [5.74, 6) is 0.722. The summed E-state index contributed by atoms with van der Waals surface area (Å²) in [5.41, 5.74) is 2.05. The highest BCUT2D eigenvalue weighted by Crippen LogP contribution is 2.30. The lowest BCUT2D eigenvalue weighted by atomic mass is 10.1. The van der Waals surface area contributed by atoms with Gasteiger partial charge in [-0.25, -0.2) is 9.67 Å². The van der Waals surface area contributed by atoms with Crippen molar-refractivity contribution in [1.82, 2.24) is 19.7 Å². The molecule has 6 nitrogen and oxygen atoms in total. The Labute approximate surface area is 159 Å². The molecule has 1 saturated carbocycles. The van der Waals surface area contributed by atoms with Gasteiger partial charge in [-0.2, -0.15) is 5.10 Å². The summed E-state index contributed by atoms with van der Waals surface area (Å²) in [4.78, 5) is 20.3. The number of carbonyl (C=O) groups is 1. The van der Waals surface area contributed by atoms with Gasteiger partial charge in [0.05, 0.1) is 23.4 Å². The lowest BCUT2D eigenvalue weighted by molar-refractivity contribution is 0.0695. The SMILES string of the molecule is CCN(C(=O)c1cc(-c2ccco2)nc2c1cnn2C(C)C)C1CCCC1. The predicted octanol–water partition coefficient (Wildman–Crippen LogP) is 4.68. The van der Waals surface area contributed by atoms with Crippen LogP contribution in [0.1, 0.15) is 62.9 Å². The molecule has 0 bridgehead atoms. The van der Waals surface area contributed by atoms with Crippen LogP contribution in [-0.4, -0.2) is 38.2 Å². The molecule has 27 heavy (non-hydrogen) atoms. The molecule has 0 aliphatic heterocycles. The summed E-state index contributed by atoms with van der Waals surface area (Å²) in [6, 6.07) is 6.04. The summed E-state index contributed by atoms with van der Waals surface area (Å²) in [6.45, 7) is 6.89. The average Bonchev–Trinajstić information content (AvgIpc) is 3.41. The molecule has 142 valence electrons. The fourth-order valence-electron chi connectivity index (χ4n) is 4.06. The van der Waals surface area contributed by atoms with Crippen LogP contribution in [0.25, 0.3) is 22.5 Å². The number of fused-ring (bicyclic) bond motifs is 1. The van der Waals surface area contributed by atoms with Crippen molar-refractivity contribution in [1.29, 1.82) is 0 Å². The van der Waals surface area contributed by atoms with Gasteiger partial charge >= 0.3 is 0 Å². The fraction of sp³-hybridized carbons (Fsp3) is 0.476. The highest BCUT2D eigenvalue weighted by atomic mass is 16.3. The molecule has 3 heterocycles. The molecule has 1 amide bonds. The van der Waals surface area contributed by atoms with Gasteiger partial charge in [0.1, 0.15) is 5.69 Å². The van der Waals surface area contributed by atoms with Crippen LogP contribution in [-0.2, 0) is 0 Å². The summed E-state index contributed by atoms with van der Waals surface area (Å²) in [7, 11) is 0. The van der Waals surface area contributed by atoms with E-state index in [1.54, 1.807) is 12.5 Å². The molecule has 0 spiro atoms. The molecule has 0 aromatic carbocycles. The number of aromatic nitrogens is 3. The Balaban J connectivity index is 1.86. The number of carbonyl (C=O) groups excluding carboxylic acids is 1. The van der Waals surface area contributed by atoms with Gasteiger partial charge in [0, 0.05) is 18.6 Å². The summed E-state index contributed by atoms with van der Waals surface area (Å²) in [6.07, 6.45) is 7.96. The second-order valence-electron chi connectivity index (χ2n) is 7.48. The van der Waals surface area contributed by atoms with E-state index in [2.05, 4.69) is 25.9 Å². The molecular formula is C21H26N4O2. The monoisotopic (exact) mass is 366 g/mol. The van der Waals surface area contributed by atoms with Gasteiger partial charge in [0.25, 0.3) is 5.91 Å². The lowest BCUT2D eigenvalue weighted by Gasteiger charge is -2.28.